The Bertz CT molecular complexity index is 656. The Balaban J connectivity index is 1.70. The van der Waals surface area contributed by atoms with E-state index in [0.717, 1.165) is 37.1 Å². The lowest BCUT2D eigenvalue weighted by molar-refractivity contribution is 0.0917. The number of aromatic nitrogens is 2. The molecule has 2 heterocycles. The van der Waals surface area contributed by atoms with Crippen LogP contribution in [0.25, 0.3) is 11.1 Å². The molecule has 1 saturated heterocycles. The number of aryl methyl sites for hydroxylation is 1. The van der Waals surface area contributed by atoms with Gasteiger partial charge in [0.15, 0.2) is 0 Å². The molecule has 0 radical (unpaired) electrons. The molecule has 1 aliphatic rings. The monoisotopic (exact) mass is 298 g/mol. The fraction of sp³-hybridized carbons (Fsp3) is 0.412. The number of piperidine rings is 1. The molecule has 0 bridgehead atoms. The zero-order valence-corrected chi connectivity index (χ0v) is 13.1. The fourth-order valence-electron chi connectivity index (χ4n) is 2.83. The number of nitrogens with zero attached hydrogens (tertiary/aromatic N) is 3. The van der Waals surface area contributed by atoms with Crippen molar-refractivity contribution in [2.75, 3.05) is 20.1 Å². The van der Waals surface area contributed by atoms with Gasteiger partial charge in [-0.1, -0.05) is 12.1 Å². The van der Waals surface area contributed by atoms with Crippen LogP contribution in [-0.4, -0.2) is 46.8 Å². The number of carbonyl (C=O) groups is 1. The number of hydrogen-bond donors (Lipinski definition) is 1. The van der Waals surface area contributed by atoms with E-state index in [0.29, 0.717) is 5.56 Å². The largest absolute Gasteiger partial charge is 0.349 e. The predicted molar refractivity (Wildman–Crippen MR) is 86.6 cm³/mol. The quantitative estimate of drug-likeness (QED) is 0.942. The summed E-state index contributed by atoms with van der Waals surface area (Å²) in [4.78, 5) is 14.7. The summed E-state index contributed by atoms with van der Waals surface area (Å²) in [6.45, 7) is 2.08. The smallest absolute Gasteiger partial charge is 0.251 e. The predicted octanol–water partition coefficient (Wildman–Crippen LogP) is 1.91. The zero-order valence-electron chi connectivity index (χ0n) is 13.1. The van der Waals surface area contributed by atoms with E-state index in [1.54, 1.807) is 4.68 Å². The summed E-state index contributed by atoms with van der Waals surface area (Å²) in [6, 6.07) is 8.01. The summed E-state index contributed by atoms with van der Waals surface area (Å²) in [5.41, 5.74) is 2.75. The third-order valence-electron chi connectivity index (χ3n) is 4.22. The second-order valence-corrected chi connectivity index (χ2v) is 6.03. The molecule has 1 aromatic heterocycles. The van der Waals surface area contributed by atoms with Crippen LogP contribution in [0.2, 0.25) is 0 Å². The molecule has 0 atom stereocenters. The van der Waals surface area contributed by atoms with Crippen molar-refractivity contribution in [3.63, 3.8) is 0 Å². The minimum atomic E-state index is 0.0142. The van der Waals surface area contributed by atoms with E-state index in [9.17, 15) is 4.79 Å². The van der Waals surface area contributed by atoms with Crippen LogP contribution < -0.4 is 5.32 Å². The minimum Gasteiger partial charge on any atom is -0.349 e. The van der Waals surface area contributed by atoms with E-state index < -0.39 is 0 Å². The molecule has 1 aliphatic heterocycles. The van der Waals surface area contributed by atoms with Crippen LogP contribution in [0.1, 0.15) is 23.2 Å². The van der Waals surface area contributed by atoms with E-state index in [2.05, 4.69) is 22.4 Å². The Morgan fingerprint density at radius 2 is 2.00 bits per heavy atom. The first-order chi connectivity index (χ1) is 10.6. The Kier molecular flexibility index (Phi) is 4.24. The third kappa shape index (κ3) is 3.36. The normalized spacial score (nSPS) is 16.6. The second-order valence-electron chi connectivity index (χ2n) is 6.03. The van der Waals surface area contributed by atoms with Crippen molar-refractivity contribution in [3.05, 3.63) is 42.2 Å². The van der Waals surface area contributed by atoms with Gasteiger partial charge in [0.25, 0.3) is 5.91 Å². The van der Waals surface area contributed by atoms with E-state index in [1.165, 1.54) is 0 Å². The maximum absolute atomic E-state index is 12.4. The van der Waals surface area contributed by atoms with Gasteiger partial charge in [-0.3, -0.25) is 9.48 Å². The van der Waals surface area contributed by atoms with Crippen LogP contribution in [-0.2, 0) is 7.05 Å². The molecule has 2 aromatic rings. The van der Waals surface area contributed by atoms with Gasteiger partial charge in [0.1, 0.15) is 0 Å². The number of likely N-dealkylation sites (tertiary alicyclic amines) is 1. The summed E-state index contributed by atoms with van der Waals surface area (Å²) in [6.07, 6.45) is 5.80. The average Bonchev–Trinajstić information content (AvgIpc) is 2.96. The van der Waals surface area contributed by atoms with Crippen molar-refractivity contribution in [2.24, 2.45) is 7.05 Å². The van der Waals surface area contributed by atoms with Crippen molar-refractivity contribution in [3.8, 4) is 11.1 Å². The van der Waals surface area contributed by atoms with Crippen LogP contribution in [0.3, 0.4) is 0 Å². The van der Waals surface area contributed by atoms with E-state index in [-0.39, 0.29) is 11.9 Å². The molecule has 5 nitrogen and oxygen atoms in total. The Labute approximate surface area is 130 Å². The van der Waals surface area contributed by atoms with Gasteiger partial charge in [0.05, 0.1) is 6.20 Å². The Hall–Kier alpha value is -2.14. The molecule has 3 rings (SSSR count). The van der Waals surface area contributed by atoms with Crippen LogP contribution in [0, 0.1) is 0 Å². The Morgan fingerprint density at radius 3 is 2.68 bits per heavy atom. The van der Waals surface area contributed by atoms with Gasteiger partial charge in [-0.05, 0) is 50.7 Å². The molecule has 22 heavy (non-hydrogen) atoms. The summed E-state index contributed by atoms with van der Waals surface area (Å²) in [5, 5.41) is 7.33. The minimum absolute atomic E-state index is 0.0142. The average molecular weight is 298 g/mol. The second kappa shape index (κ2) is 6.32. The van der Waals surface area contributed by atoms with Crippen molar-refractivity contribution in [1.29, 1.82) is 0 Å². The first kappa shape index (κ1) is 14.8. The van der Waals surface area contributed by atoms with Crippen LogP contribution >= 0.6 is 0 Å². The maximum Gasteiger partial charge on any atom is 0.251 e. The number of benzene rings is 1. The highest BCUT2D eigenvalue weighted by atomic mass is 16.1. The lowest BCUT2D eigenvalue weighted by Crippen LogP contribution is -2.43. The Morgan fingerprint density at radius 1 is 1.23 bits per heavy atom. The molecular formula is C17H22N4O. The highest BCUT2D eigenvalue weighted by Crippen LogP contribution is 2.20. The summed E-state index contributed by atoms with van der Waals surface area (Å²) >= 11 is 0. The molecule has 0 unspecified atom stereocenters. The summed E-state index contributed by atoms with van der Waals surface area (Å²) < 4.78 is 1.76. The van der Waals surface area contributed by atoms with Gasteiger partial charge >= 0.3 is 0 Å². The summed E-state index contributed by atoms with van der Waals surface area (Å²) in [7, 11) is 4.01. The van der Waals surface area contributed by atoms with Crippen molar-refractivity contribution in [2.45, 2.75) is 18.9 Å². The number of hydrogen-bond acceptors (Lipinski definition) is 3. The van der Waals surface area contributed by atoms with E-state index >= 15 is 0 Å². The number of carbonyl (C=O) groups excluding carboxylic acids is 1. The highest BCUT2D eigenvalue weighted by molar-refractivity contribution is 5.95. The van der Waals surface area contributed by atoms with Crippen molar-refractivity contribution < 1.29 is 4.79 Å². The number of nitrogens with one attached hydrogen (secondary N) is 1. The van der Waals surface area contributed by atoms with Gasteiger partial charge in [-0.15, -0.1) is 0 Å². The lowest BCUT2D eigenvalue weighted by Gasteiger charge is -2.29. The third-order valence-corrected chi connectivity index (χ3v) is 4.22. The lowest BCUT2D eigenvalue weighted by atomic mass is 10.0. The molecule has 1 N–H and O–H groups in total. The standard InChI is InChI=1S/C17H22N4O/c1-20-8-6-16(7-9-20)19-17(22)14-5-3-4-13(10-14)15-11-18-21(2)12-15/h3-5,10-12,16H,6-9H2,1-2H3,(H,19,22). The SMILES string of the molecule is CN1CCC(NC(=O)c2cccc(-c3cnn(C)c3)c2)CC1. The van der Waals surface area contributed by atoms with E-state index in [4.69, 9.17) is 0 Å². The molecule has 0 saturated carbocycles. The number of amides is 1. The summed E-state index contributed by atoms with van der Waals surface area (Å²) in [5.74, 6) is 0.0142. The van der Waals surface area contributed by atoms with E-state index in [1.807, 2.05) is 43.7 Å². The maximum atomic E-state index is 12.4. The van der Waals surface area contributed by atoms with Gasteiger partial charge in [-0.25, -0.2) is 0 Å². The van der Waals surface area contributed by atoms with Gasteiger partial charge < -0.3 is 10.2 Å². The molecule has 116 valence electrons. The van der Waals surface area contributed by atoms with Crippen LogP contribution in [0.4, 0.5) is 0 Å². The molecule has 5 heteroatoms. The van der Waals surface area contributed by atoms with Crippen LogP contribution in [0.5, 0.6) is 0 Å². The van der Waals surface area contributed by atoms with Crippen molar-refractivity contribution >= 4 is 5.91 Å². The number of rotatable bonds is 3. The fourth-order valence-corrected chi connectivity index (χ4v) is 2.83. The topological polar surface area (TPSA) is 50.2 Å². The van der Waals surface area contributed by atoms with Crippen LogP contribution in [0.15, 0.2) is 36.7 Å². The molecule has 1 fully saturated rings. The first-order valence-electron chi connectivity index (χ1n) is 7.70. The van der Waals surface area contributed by atoms with Crippen molar-refractivity contribution in [1.82, 2.24) is 20.0 Å². The molecule has 0 spiro atoms. The molecule has 1 aromatic carbocycles. The zero-order chi connectivity index (χ0) is 15.5. The molecular weight excluding hydrogens is 276 g/mol. The highest BCUT2D eigenvalue weighted by Gasteiger charge is 2.19. The first-order valence-corrected chi connectivity index (χ1v) is 7.70. The van der Waals surface area contributed by atoms with Gasteiger partial charge in [-0.2, -0.15) is 5.10 Å². The van der Waals surface area contributed by atoms with Gasteiger partial charge in [0.2, 0.25) is 0 Å². The molecule has 1 amide bonds. The van der Waals surface area contributed by atoms with Gasteiger partial charge in [0, 0.05) is 30.4 Å². The molecule has 0 aliphatic carbocycles.